The van der Waals surface area contributed by atoms with E-state index in [9.17, 15) is 9.18 Å². The highest BCUT2D eigenvalue weighted by Crippen LogP contribution is 2.22. The fraction of sp³-hybridized carbons (Fsp3) is 0.462. The highest BCUT2D eigenvalue weighted by Gasteiger charge is 2.22. The van der Waals surface area contributed by atoms with Gasteiger partial charge in [-0.25, -0.2) is 4.39 Å². The maximum Gasteiger partial charge on any atom is 0.233 e. The zero-order valence-corrected chi connectivity index (χ0v) is 11.0. The zero-order chi connectivity index (χ0) is 13.7. The number of nitrogens with one attached hydrogen (secondary N) is 1. The van der Waals surface area contributed by atoms with E-state index in [2.05, 4.69) is 5.32 Å². The average Bonchev–Trinajstić information content (AvgIpc) is 2.28. The zero-order valence-electron chi connectivity index (χ0n) is 11.0. The van der Waals surface area contributed by atoms with E-state index in [1.807, 2.05) is 17.9 Å². The van der Waals surface area contributed by atoms with Gasteiger partial charge in [0.1, 0.15) is 5.82 Å². The molecule has 0 bridgehead atoms. The Bertz CT molecular complexity index is 409. The highest BCUT2D eigenvalue weighted by atomic mass is 19.1. The SMILES string of the molecule is CNC(=O)CN(C)C(c1cccc(F)c1)C(C)N. The summed E-state index contributed by atoms with van der Waals surface area (Å²) in [6, 6.07) is 5.90. The molecule has 0 aliphatic rings. The van der Waals surface area contributed by atoms with Gasteiger partial charge in [0.25, 0.3) is 0 Å². The van der Waals surface area contributed by atoms with E-state index in [1.165, 1.54) is 12.1 Å². The number of carbonyl (C=O) groups is 1. The molecule has 1 aromatic carbocycles. The van der Waals surface area contributed by atoms with E-state index < -0.39 is 0 Å². The van der Waals surface area contributed by atoms with E-state index in [0.717, 1.165) is 5.56 Å². The monoisotopic (exact) mass is 253 g/mol. The Labute approximate surface area is 107 Å². The van der Waals surface area contributed by atoms with Gasteiger partial charge in [-0.05, 0) is 31.7 Å². The number of nitrogens with two attached hydrogens (primary N) is 1. The number of nitrogens with zero attached hydrogens (tertiary/aromatic N) is 1. The molecule has 0 aromatic heterocycles. The predicted octanol–water partition coefficient (Wildman–Crippen LogP) is 0.892. The Morgan fingerprint density at radius 2 is 2.22 bits per heavy atom. The van der Waals surface area contributed by atoms with Crippen LogP contribution in [0.2, 0.25) is 0 Å². The van der Waals surface area contributed by atoms with Crippen LogP contribution < -0.4 is 11.1 Å². The van der Waals surface area contributed by atoms with Crippen molar-refractivity contribution in [3.8, 4) is 0 Å². The van der Waals surface area contributed by atoms with Crippen molar-refractivity contribution in [1.29, 1.82) is 0 Å². The normalized spacial score (nSPS) is 14.3. The maximum atomic E-state index is 13.2. The minimum absolute atomic E-state index is 0.0976. The van der Waals surface area contributed by atoms with Crippen LogP contribution in [0.5, 0.6) is 0 Å². The largest absolute Gasteiger partial charge is 0.358 e. The first kappa shape index (κ1) is 14.6. The van der Waals surface area contributed by atoms with Crippen LogP contribution in [0, 0.1) is 5.82 Å². The van der Waals surface area contributed by atoms with E-state index in [-0.39, 0.29) is 30.4 Å². The molecule has 0 saturated heterocycles. The van der Waals surface area contributed by atoms with Crippen LogP contribution in [-0.4, -0.2) is 37.5 Å². The van der Waals surface area contributed by atoms with Crippen LogP contribution in [0.4, 0.5) is 4.39 Å². The van der Waals surface area contributed by atoms with Gasteiger partial charge in [-0.3, -0.25) is 9.69 Å². The van der Waals surface area contributed by atoms with Crippen molar-refractivity contribution >= 4 is 5.91 Å². The van der Waals surface area contributed by atoms with Gasteiger partial charge in [-0.15, -0.1) is 0 Å². The lowest BCUT2D eigenvalue weighted by Crippen LogP contribution is -2.42. The van der Waals surface area contributed by atoms with Crippen LogP contribution in [0.1, 0.15) is 18.5 Å². The number of hydrogen-bond acceptors (Lipinski definition) is 3. The molecule has 1 aromatic rings. The first-order valence-electron chi connectivity index (χ1n) is 5.87. The maximum absolute atomic E-state index is 13.2. The fourth-order valence-corrected chi connectivity index (χ4v) is 2.05. The van der Waals surface area contributed by atoms with Crippen molar-refractivity contribution in [2.24, 2.45) is 5.73 Å². The van der Waals surface area contributed by atoms with Crippen LogP contribution in [0.3, 0.4) is 0 Å². The number of amides is 1. The van der Waals surface area contributed by atoms with Crippen LogP contribution in [-0.2, 0) is 4.79 Å². The topological polar surface area (TPSA) is 58.4 Å². The number of rotatable bonds is 5. The molecule has 0 radical (unpaired) electrons. The lowest BCUT2D eigenvalue weighted by atomic mass is 9.99. The molecule has 5 heteroatoms. The standard InChI is InChI=1S/C13H20FN3O/c1-9(15)13(17(3)8-12(18)16-2)10-5-4-6-11(14)7-10/h4-7,9,13H,8,15H2,1-3H3,(H,16,18). The smallest absolute Gasteiger partial charge is 0.233 e. The number of likely N-dealkylation sites (N-methyl/N-ethyl adjacent to an activating group) is 2. The first-order valence-corrected chi connectivity index (χ1v) is 5.87. The molecule has 18 heavy (non-hydrogen) atoms. The summed E-state index contributed by atoms with van der Waals surface area (Å²) < 4.78 is 13.2. The Kier molecular flexibility index (Phi) is 5.25. The second-order valence-electron chi connectivity index (χ2n) is 4.45. The summed E-state index contributed by atoms with van der Waals surface area (Å²) in [6.07, 6.45) is 0. The minimum atomic E-state index is -0.300. The Balaban J connectivity index is 2.92. The summed E-state index contributed by atoms with van der Waals surface area (Å²) in [7, 11) is 3.38. The summed E-state index contributed by atoms with van der Waals surface area (Å²) in [6.45, 7) is 2.06. The van der Waals surface area contributed by atoms with E-state index in [4.69, 9.17) is 5.73 Å². The van der Waals surface area contributed by atoms with Crippen LogP contribution >= 0.6 is 0 Å². The molecule has 1 amide bonds. The third kappa shape index (κ3) is 3.78. The summed E-state index contributed by atoms with van der Waals surface area (Å²) in [4.78, 5) is 13.2. The number of benzene rings is 1. The van der Waals surface area contributed by atoms with E-state index in [0.29, 0.717) is 0 Å². The van der Waals surface area contributed by atoms with Crippen molar-refractivity contribution in [2.75, 3.05) is 20.6 Å². The molecule has 0 saturated carbocycles. The quantitative estimate of drug-likeness (QED) is 0.819. The van der Waals surface area contributed by atoms with Gasteiger partial charge in [-0.1, -0.05) is 12.1 Å². The molecule has 0 fully saturated rings. The molecule has 2 unspecified atom stereocenters. The number of hydrogen-bond donors (Lipinski definition) is 2. The van der Waals surface area contributed by atoms with Gasteiger partial charge in [0.05, 0.1) is 6.54 Å². The summed E-state index contributed by atoms with van der Waals surface area (Å²) in [5.74, 6) is -0.397. The molecule has 0 aliphatic carbocycles. The first-order chi connectivity index (χ1) is 8.45. The molecule has 1 rings (SSSR count). The van der Waals surface area contributed by atoms with Crippen LogP contribution in [0.15, 0.2) is 24.3 Å². The molecule has 2 atom stereocenters. The van der Waals surface area contributed by atoms with Crippen molar-refractivity contribution in [2.45, 2.75) is 19.0 Å². The number of carbonyl (C=O) groups excluding carboxylic acids is 1. The summed E-state index contributed by atoms with van der Waals surface area (Å²) >= 11 is 0. The van der Waals surface area contributed by atoms with Crippen molar-refractivity contribution in [3.05, 3.63) is 35.6 Å². The number of halogens is 1. The van der Waals surface area contributed by atoms with Gasteiger partial charge in [0.2, 0.25) is 5.91 Å². The van der Waals surface area contributed by atoms with Crippen molar-refractivity contribution in [3.63, 3.8) is 0 Å². The lowest BCUT2D eigenvalue weighted by molar-refractivity contribution is -0.122. The Morgan fingerprint density at radius 1 is 1.56 bits per heavy atom. The third-order valence-corrected chi connectivity index (χ3v) is 2.83. The van der Waals surface area contributed by atoms with Crippen LogP contribution in [0.25, 0.3) is 0 Å². The van der Waals surface area contributed by atoms with Gasteiger partial charge in [0.15, 0.2) is 0 Å². The predicted molar refractivity (Wildman–Crippen MR) is 69.5 cm³/mol. The van der Waals surface area contributed by atoms with Gasteiger partial charge >= 0.3 is 0 Å². The molecule has 0 heterocycles. The van der Waals surface area contributed by atoms with Gasteiger partial charge < -0.3 is 11.1 Å². The third-order valence-electron chi connectivity index (χ3n) is 2.83. The fourth-order valence-electron chi connectivity index (χ4n) is 2.05. The molecule has 0 spiro atoms. The van der Waals surface area contributed by atoms with Gasteiger partial charge in [-0.2, -0.15) is 0 Å². The van der Waals surface area contributed by atoms with Crippen molar-refractivity contribution < 1.29 is 9.18 Å². The summed E-state index contributed by atoms with van der Waals surface area (Å²) in [5, 5.41) is 2.56. The molecule has 3 N–H and O–H groups in total. The lowest BCUT2D eigenvalue weighted by Gasteiger charge is -2.30. The Morgan fingerprint density at radius 3 is 2.72 bits per heavy atom. The average molecular weight is 253 g/mol. The molecule has 0 aliphatic heterocycles. The van der Waals surface area contributed by atoms with E-state index in [1.54, 1.807) is 20.2 Å². The molecular formula is C13H20FN3O. The molecular weight excluding hydrogens is 233 g/mol. The molecule has 100 valence electrons. The van der Waals surface area contributed by atoms with Crippen molar-refractivity contribution in [1.82, 2.24) is 10.2 Å². The molecule has 4 nitrogen and oxygen atoms in total. The highest BCUT2D eigenvalue weighted by molar-refractivity contribution is 5.77. The minimum Gasteiger partial charge on any atom is -0.358 e. The Hall–Kier alpha value is -1.46. The van der Waals surface area contributed by atoms with E-state index >= 15 is 0 Å². The van der Waals surface area contributed by atoms with Gasteiger partial charge in [0, 0.05) is 19.1 Å². The second-order valence-corrected chi connectivity index (χ2v) is 4.45. The summed E-state index contributed by atoms with van der Waals surface area (Å²) in [5.41, 5.74) is 6.72. The second kappa shape index (κ2) is 6.47.